The summed E-state index contributed by atoms with van der Waals surface area (Å²) in [6.07, 6.45) is 1.61. The molecule has 0 bridgehead atoms. The van der Waals surface area contributed by atoms with Crippen molar-refractivity contribution < 1.29 is 24.6 Å². The maximum Gasteiger partial charge on any atom is 0.247 e. The fourth-order valence-electron chi connectivity index (χ4n) is 5.31. The number of rotatable bonds is 8. The number of nitrogens with zero attached hydrogens (tertiary/aromatic N) is 2. The number of aromatic nitrogens is 1. The van der Waals surface area contributed by atoms with E-state index < -0.39 is 23.3 Å². The Labute approximate surface area is 209 Å². The second kappa shape index (κ2) is 9.87. The molecule has 3 unspecified atom stereocenters. The van der Waals surface area contributed by atoms with Crippen LogP contribution in [-0.2, 0) is 29.0 Å². The number of pyridine rings is 1. The van der Waals surface area contributed by atoms with Gasteiger partial charge in [-0.3, -0.25) is 19.8 Å². The van der Waals surface area contributed by atoms with Gasteiger partial charge in [0, 0.05) is 29.7 Å². The van der Waals surface area contributed by atoms with Gasteiger partial charge in [-0.25, -0.2) is 5.48 Å². The van der Waals surface area contributed by atoms with Gasteiger partial charge in [0.25, 0.3) is 0 Å². The molecule has 1 aliphatic heterocycles. The third kappa shape index (κ3) is 4.66. The zero-order valence-electron chi connectivity index (χ0n) is 20.3. The first-order valence-corrected chi connectivity index (χ1v) is 12.4. The number of benzene rings is 2. The van der Waals surface area contributed by atoms with E-state index in [0.29, 0.717) is 38.2 Å². The molecule has 36 heavy (non-hydrogen) atoms. The fraction of sp³-hybridized carbons (Fsp3) is 0.393. The molecule has 1 aromatic heterocycles. The van der Waals surface area contributed by atoms with Crippen LogP contribution in [0.4, 0.5) is 0 Å². The molecule has 8 heteroatoms. The van der Waals surface area contributed by atoms with Crippen molar-refractivity contribution in [3.63, 3.8) is 0 Å². The molecule has 1 saturated heterocycles. The number of ether oxygens (including phenoxy) is 1. The highest BCUT2D eigenvalue weighted by atomic mass is 16.5. The number of β-amino-alcohol motifs (C(OH)–C–C–N with tert-alkyl or cyclic N) is 1. The number of carbonyl (C=O) groups is 2. The third-order valence-electron chi connectivity index (χ3n) is 7.43. The Hall–Kier alpha value is -3.49. The summed E-state index contributed by atoms with van der Waals surface area (Å²) in [5, 5.41) is 20.1. The van der Waals surface area contributed by atoms with E-state index in [4.69, 9.17) is 9.94 Å². The molecule has 5 rings (SSSR count). The zero-order valence-corrected chi connectivity index (χ0v) is 20.3. The molecule has 0 spiro atoms. The van der Waals surface area contributed by atoms with Gasteiger partial charge in [0.1, 0.15) is 12.4 Å². The summed E-state index contributed by atoms with van der Waals surface area (Å²) in [4.78, 5) is 31.8. The van der Waals surface area contributed by atoms with E-state index in [9.17, 15) is 14.7 Å². The number of likely N-dealkylation sites (tertiary alicyclic amines) is 1. The van der Waals surface area contributed by atoms with Crippen LogP contribution >= 0.6 is 0 Å². The highest BCUT2D eigenvalue weighted by molar-refractivity contribution is 5.96. The number of hydrogen-bond acceptors (Lipinski definition) is 6. The zero-order chi connectivity index (χ0) is 25.3. The lowest BCUT2D eigenvalue weighted by Gasteiger charge is -2.24. The number of hydroxylamine groups is 1. The van der Waals surface area contributed by atoms with Gasteiger partial charge in [-0.2, -0.15) is 0 Å². The van der Waals surface area contributed by atoms with E-state index in [-0.39, 0.29) is 12.5 Å². The van der Waals surface area contributed by atoms with Crippen LogP contribution in [-0.4, -0.2) is 51.2 Å². The monoisotopic (exact) mass is 489 g/mol. The highest BCUT2D eigenvalue weighted by Crippen LogP contribution is 2.56. The topological polar surface area (TPSA) is 112 Å². The van der Waals surface area contributed by atoms with Gasteiger partial charge < -0.3 is 14.7 Å². The van der Waals surface area contributed by atoms with Gasteiger partial charge >= 0.3 is 0 Å². The van der Waals surface area contributed by atoms with Gasteiger partial charge in [0.05, 0.1) is 23.0 Å². The molecule has 0 radical (unpaired) electrons. The van der Waals surface area contributed by atoms with E-state index in [1.165, 1.54) is 0 Å². The number of hydrogen-bond donors (Lipinski definition) is 3. The minimum atomic E-state index is -0.897. The quantitative estimate of drug-likeness (QED) is 0.331. The predicted octanol–water partition coefficient (Wildman–Crippen LogP) is 3.02. The lowest BCUT2D eigenvalue weighted by molar-refractivity contribution is -0.140. The van der Waals surface area contributed by atoms with Crippen LogP contribution in [0.25, 0.3) is 10.9 Å². The van der Waals surface area contributed by atoms with Crippen molar-refractivity contribution >= 4 is 22.7 Å². The first-order chi connectivity index (χ1) is 17.4. The largest absolute Gasteiger partial charge is 0.489 e. The molecule has 2 heterocycles. The van der Waals surface area contributed by atoms with Gasteiger partial charge in [-0.05, 0) is 55.5 Å². The second-order valence-corrected chi connectivity index (χ2v) is 9.84. The molecular weight excluding hydrogens is 458 g/mol. The summed E-state index contributed by atoms with van der Waals surface area (Å²) >= 11 is 0. The number of fused-ring (bicyclic) bond motifs is 1. The van der Waals surface area contributed by atoms with E-state index in [1.807, 2.05) is 48.5 Å². The summed E-state index contributed by atoms with van der Waals surface area (Å²) < 4.78 is 6.09. The normalized spacial score (nSPS) is 23.0. The summed E-state index contributed by atoms with van der Waals surface area (Å²) in [6, 6.07) is 17.7. The minimum absolute atomic E-state index is 0.135. The van der Waals surface area contributed by atoms with E-state index >= 15 is 0 Å². The molecule has 3 N–H and O–H groups in total. The number of aryl methyl sites for hydroxylation is 1. The van der Waals surface area contributed by atoms with E-state index in [1.54, 1.807) is 10.4 Å². The summed E-state index contributed by atoms with van der Waals surface area (Å²) in [6.45, 7) is 3.25. The Bertz CT molecular complexity index is 1280. The van der Waals surface area contributed by atoms with E-state index in [0.717, 1.165) is 34.1 Å². The fourth-order valence-corrected chi connectivity index (χ4v) is 5.31. The van der Waals surface area contributed by atoms with Crippen LogP contribution in [0, 0.1) is 11.3 Å². The Balaban J connectivity index is 1.29. The SMILES string of the molecule is CCc1cc(COc2ccc(CC3(C(=O)N4CCC(O)C4)CC3C(=O)NO)cc2)c2ccccc2n1. The molecule has 1 saturated carbocycles. The lowest BCUT2D eigenvalue weighted by Crippen LogP contribution is -2.40. The summed E-state index contributed by atoms with van der Waals surface area (Å²) in [5.74, 6) is -0.555. The Kier molecular flexibility index (Phi) is 6.64. The molecule has 3 atom stereocenters. The average Bonchev–Trinajstić information content (AvgIpc) is 3.48. The first kappa shape index (κ1) is 24.2. The number of amides is 2. The van der Waals surface area contributed by atoms with Crippen molar-refractivity contribution in [1.82, 2.24) is 15.4 Å². The van der Waals surface area contributed by atoms with Crippen LogP contribution < -0.4 is 10.2 Å². The minimum Gasteiger partial charge on any atom is -0.489 e. The third-order valence-corrected chi connectivity index (χ3v) is 7.43. The number of aliphatic hydroxyl groups is 1. The molecule has 2 aliphatic rings. The lowest BCUT2D eigenvalue weighted by atomic mass is 9.92. The van der Waals surface area contributed by atoms with Crippen LogP contribution in [0.3, 0.4) is 0 Å². The van der Waals surface area contributed by atoms with Gasteiger partial charge in [0.15, 0.2) is 0 Å². The molecule has 8 nitrogen and oxygen atoms in total. The molecule has 2 amide bonds. The van der Waals surface area contributed by atoms with Gasteiger partial charge in [-0.1, -0.05) is 37.3 Å². The summed E-state index contributed by atoms with van der Waals surface area (Å²) in [7, 11) is 0. The van der Waals surface area contributed by atoms with Crippen LogP contribution in [0.5, 0.6) is 5.75 Å². The highest BCUT2D eigenvalue weighted by Gasteiger charge is 2.64. The van der Waals surface area contributed by atoms with Crippen LogP contribution in [0.1, 0.15) is 36.6 Å². The smallest absolute Gasteiger partial charge is 0.247 e. The number of para-hydroxylation sites is 1. The maximum atomic E-state index is 13.3. The van der Waals surface area contributed by atoms with Crippen LogP contribution in [0.15, 0.2) is 54.6 Å². The molecule has 2 aromatic carbocycles. The van der Waals surface area contributed by atoms with Crippen molar-refractivity contribution in [2.24, 2.45) is 11.3 Å². The summed E-state index contributed by atoms with van der Waals surface area (Å²) in [5.41, 5.74) is 4.77. The second-order valence-electron chi connectivity index (χ2n) is 9.84. The van der Waals surface area contributed by atoms with Crippen LogP contribution in [0.2, 0.25) is 0 Å². The molecular formula is C28H31N3O5. The Morgan fingerprint density at radius 3 is 2.67 bits per heavy atom. The standard InChI is InChI=1S/C28H31N3O5/c1-2-20-13-19(23-5-3-4-6-25(23)29-20)17-36-22-9-7-18(8-10-22)14-28(15-24(28)26(33)30-35)27(34)31-12-11-21(32)16-31/h3-10,13,21,24,32,35H,2,11-12,14-17H2,1H3,(H,30,33). The van der Waals surface area contributed by atoms with Gasteiger partial charge in [-0.15, -0.1) is 0 Å². The number of carbonyl (C=O) groups excluding carboxylic acids is 2. The Morgan fingerprint density at radius 1 is 1.19 bits per heavy atom. The van der Waals surface area contributed by atoms with Crippen molar-refractivity contribution in [3.8, 4) is 5.75 Å². The molecule has 188 valence electrons. The Morgan fingerprint density at radius 2 is 1.97 bits per heavy atom. The molecule has 3 aromatic rings. The first-order valence-electron chi connectivity index (χ1n) is 12.4. The molecule has 1 aliphatic carbocycles. The van der Waals surface area contributed by atoms with Crippen molar-refractivity contribution in [2.75, 3.05) is 13.1 Å². The maximum absolute atomic E-state index is 13.3. The van der Waals surface area contributed by atoms with Crippen molar-refractivity contribution in [2.45, 2.75) is 45.3 Å². The van der Waals surface area contributed by atoms with Gasteiger partial charge in [0.2, 0.25) is 11.8 Å². The van der Waals surface area contributed by atoms with Crippen molar-refractivity contribution in [3.05, 3.63) is 71.4 Å². The number of aliphatic hydroxyl groups excluding tert-OH is 1. The van der Waals surface area contributed by atoms with Crippen molar-refractivity contribution in [1.29, 1.82) is 0 Å². The molecule has 2 fully saturated rings. The number of nitrogens with one attached hydrogen (secondary N) is 1. The van der Waals surface area contributed by atoms with E-state index in [2.05, 4.69) is 18.0 Å². The average molecular weight is 490 g/mol. The predicted molar refractivity (Wildman–Crippen MR) is 133 cm³/mol.